The molecule has 0 amide bonds. The molecular formula is C82H110Cl4N24O8S4. The number of nitrogens with zero attached hydrogens (tertiary/aromatic N) is 15. The number of aryl methyl sites for hydroxylation is 2. The summed E-state index contributed by atoms with van der Waals surface area (Å²) in [6.45, 7) is 20.6. The molecule has 658 valence electrons. The van der Waals surface area contributed by atoms with E-state index in [2.05, 4.69) is 54.5 Å². The number of aromatic nitrogens is 11. The van der Waals surface area contributed by atoms with E-state index in [1.54, 1.807) is 95.4 Å². The smallest absolute Gasteiger partial charge is 0.270 e. The van der Waals surface area contributed by atoms with Crippen LogP contribution in [0.15, 0.2) is 113 Å². The van der Waals surface area contributed by atoms with Gasteiger partial charge in [-0.05, 0) is 136 Å². The molecular weight excluding hydrogens is 1720 g/mol. The minimum Gasteiger partial charge on any atom is -0.397 e. The second-order valence-electron chi connectivity index (χ2n) is 33.8. The van der Waals surface area contributed by atoms with Crippen molar-refractivity contribution in [3.63, 3.8) is 0 Å². The normalized spacial score (nSPS) is 23.7. The van der Waals surface area contributed by atoms with Crippen molar-refractivity contribution >= 4 is 146 Å². The first kappa shape index (κ1) is 90.9. The molecule has 0 unspecified atom stereocenters. The average Bonchev–Trinajstić information content (AvgIpc) is 1.47. The van der Waals surface area contributed by atoms with Gasteiger partial charge in [0.2, 0.25) is 23.8 Å². The summed E-state index contributed by atoms with van der Waals surface area (Å²) in [5.74, 6) is 3.56. The van der Waals surface area contributed by atoms with Crippen molar-refractivity contribution in [3.8, 4) is 0 Å². The second kappa shape index (κ2) is 36.9. The van der Waals surface area contributed by atoms with Crippen LogP contribution in [-0.2, 0) is 47.1 Å². The Labute approximate surface area is 745 Å². The van der Waals surface area contributed by atoms with Gasteiger partial charge in [-0.3, -0.25) is 52.4 Å². The molecule has 122 heavy (non-hydrogen) atoms. The molecule has 1 saturated carbocycles. The van der Waals surface area contributed by atoms with Crippen molar-refractivity contribution in [2.24, 2.45) is 72.8 Å². The fourth-order valence-electron chi connectivity index (χ4n) is 17.8. The molecule has 8 saturated heterocycles. The van der Waals surface area contributed by atoms with Crippen LogP contribution in [-0.4, -0.2) is 181 Å². The molecule has 1 aromatic carbocycles. The number of nitrogen functional groups attached to an aromatic ring is 5. The number of hydrogen-bond donors (Lipinski definition) is 9. The van der Waals surface area contributed by atoms with Crippen molar-refractivity contribution in [1.29, 1.82) is 0 Å². The zero-order chi connectivity index (χ0) is 87.5. The number of anilines is 9. The Bertz CT molecular complexity index is 5100. The van der Waals surface area contributed by atoms with Crippen LogP contribution in [0.25, 0.3) is 0 Å². The molecule has 8 aromatic rings. The first-order valence-corrected chi connectivity index (χ1v) is 45.8. The number of hydrogen-bond acceptors (Lipinski definition) is 32. The minimum atomic E-state index is -0.212. The van der Waals surface area contributed by atoms with Crippen molar-refractivity contribution in [2.75, 3.05) is 127 Å². The van der Waals surface area contributed by atoms with Gasteiger partial charge in [0.15, 0.2) is 0 Å². The van der Waals surface area contributed by atoms with Crippen LogP contribution < -0.4 is 93.4 Å². The van der Waals surface area contributed by atoms with E-state index in [1.807, 2.05) is 47.6 Å². The summed E-state index contributed by atoms with van der Waals surface area (Å²) in [7, 11) is 6.91. The highest BCUT2D eigenvalue weighted by molar-refractivity contribution is 8.00. The number of piperidine rings is 4. The zero-order valence-corrected chi connectivity index (χ0v) is 76.6. The molecule has 18 N–H and O–H groups in total. The Hall–Kier alpha value is -7.37. The summed E-state index contributed by atoms with van der Waals surface area (Å²) in [6, 6.07) is 10.8. The molecule has 4 spiro atoms. The molecule has 9 aliphatic rings. The number of pyridine rings is 3. The Balaban J connectivity index is 0.000000133. The lowest BCUT2D eigenvalue weighted by atomic mass is 9.73. The van der Waals surface area contributed by atoms with E-state index in [-0.39, 0.29) is 116 Å². The third kappa shape index (κ3) is 17.9. The van der Waals surface area contributed by atoms with Crippen molar-refractivity contribution in [3.05, 3.63) is 134 Å². The quantitative estimate of drug-likeness (QED) is 0.0485. The lowest BCUT2D eigenvalue weighted by molar-refractivity contribution is 0.0972. The standard InChI is InChI=1S/C22H29ClN6O2S.3C20H27ClN6O2S/c1-12-18(24)22(11-31-12)6-9-29(10-7-22)21-27-19(25)17(20(30)28(21)2)32-14-5-8-26-16(15(14)23)13-3-4-13;2*1-11-14(21)13(4-7-24-11)30-15-17(23)25-19(26(3)18(15)28)27-8-5-20(6-9-27)10-29-12(2)16(20)22;1-11-16(23)20(10-29-11)6-8-27(9-7-20)19-25-17(24)15(18(28)26(19)2)30-13-5-3-4-12(22)14(13)21/h5,8,12-13,18H,3-4,6-7,9-11,24-25H2,1-2H3;2*4,7,12,16H,5-6,8-10,22-23H2,1-3H3;3-5,11,16H,6-10,22-24H2,1-2H3/t12-,18+;2*12-,16+;11-,16+/m0000/s1. The fraction of sp³-hybridized carbons (Fsp3) is 0.549. The third-order valence-electron chi connectivity index (χ3n) is 26.3. The van der Waals surface area contributed by atoms with E-state index in [1.165, 1.54) is 47.0 Å². The minimum absolute atomic E-state index is 0.000108. The Morgan fingerprint density at radius 1 is 0.377 bits per heavy atom. The SMILES string of the molecule is C[C@@H]1OCC2(CCN(c3nc(N)c(Sc4cccc(N)c4Cl)c(=O)n3C)CC2)[C@@H]1N.C[C@@H]1OCC2(CCN(c3nc(N)c(Sc4ccnc(C5CC5)c4Cl)c(=O)n3C)CC2)[C@@H]1N.Cc1nccc(Sc2c(N)nc(N3CCC4(CC3)CO[C@@H](C)[C@H]4N)n(C)c2=O)c1Cl.Cc1nccc(Sc2c(N)nc(N3CCC4(CC3)CO[C@@H](C)[C@H]4N)n(C)c2=O)c1Cl. The van der Waals surface area contributed by atoms with Gasteiger partial charge in [0.05, 0.1) is 93.7 Å². The molecule has 0 bridgehead atoms. The monoisotopic (exact) mass is 1830 g/mol. The van der Waals surface area contributed by atoms with Crippen molar-refractivity contribution in [2.45, 2.75) is 199 Å². The molecule has 15 heterocycles. The molecule has 40 heteroatoms. The van der Waals surface area contributed by atoms with Gasteiger partial charge in [0, 0.05) is 170 Å². The van der Waals surface area contributed by atoms with E-state index in [9.17, 15) is 19.2 Å². The van der Waals surface area contributed by atoms with Gasteiger partial charge < -0.3 is 90.2 Å². The van der Waals surface area contributed by atoms with Crippen LogP contribution in [0.3, 0.4) is 0 Å². The summed E-state index contributed by atoms with van der Waals surface area (Å²) >= 11 is 30.4. The van der Waals surface area contributed by atoms with Crippen LogP contribution in [0.1, 0.15) is 115 Å². The van der Waals surface area contributed by atoms with E-state index in [0.29, 0.717) is 118 Å². The molecule has 17 rings (SSSR count). The lowest BCUT2D eigenvalue weighted by Crippen LogP contribution is -2.51. The maximum Gasteiger partial charge on any atom is 0.270 e. The van der Waals surface area contributed by atoms with E-state index < -0.39 is 0 Å². The summed E-state index contributed by atoms with van der Waals surface area (Å²) < 4.78 is 29.5. The first-order valence-electron chi connectivity index (χ1n) is 41.1. The van der Waals surface area contributed by atoms with E-state index in [0.717, 1.165) is 137 Å². The highest BCUT2D eigenvalue weighted by atomic mass is 35.5. The summed E-state index contributed by atoms with van der Waals surface area (Å²) in [5, 5.41) is 2.03. The number of benzene rings is 1. The van der Waals surface area contributed by atoms with Gasteiger partial charge >= 0.3 is 0 Å². The van der Waals surface area contributed by atoms with Gasteiger partial charge in [-0.15, -0.1) is 0 Å². The molecule has 9 fully saturated rings. The topological polar surface area (TPSA) is 462 Å². The zero-order valence-electron chi connectivity index (χ0n) is 70.3. The largest absolute Gasteiger partial charge is 0.397 e. The number of rotatable bonds is 13. The van der Waals surface area contributed by atoms with E-state index >= 15 is 0 Å². The maximum atomic E-state index is 13.2. The predicted molar refractivity (Wildman–Crippen MR) is 486 cm³/mol. The summed E-state index contributed by atoms with van der Waals surface area (Å²) in [4.78, 5) is 96.4. The molecule has 7 aromatic heterocycles. The molecule has 1 aliphatic carbocycles. The fourth-order valence-corrected chi connectivity index (χ4v) is 22.6. The van der Waals surface area contributed by atoms with Gasteiger partial charge in [0.25, 0.3) is 22.2 Å². The van der Waals surface area contributed by atoms with Gasteiger partial charge in [0.1, 0.15) is 42.9 Å². The maximum absolute atomic E-state index is 13.2. The first-order chi connectivity index (χ1) is 58.0. The Morgan fingerprint density at radius 2 is 0.631 bits per heavy atom. The molecule has 8 atom stereocenters. The average molecular weight is 1830 g/mol. The predicted octanol–water partition coefficient (Wildman–Crippen LogP) is 9.26. The lowest BCUT2D eigenvalue weighted by Gasteiger charge is -2.41. The molecule has 8 aliphatic heterocycles. The highest BCUT2D eigenvalue weighted by Gasteiger charge is 2.52. The summed E-state index contributed by atoms with van der Waals surface area (Å²) in [6.07, 6.45) is 14.8. The van der Waals surface area contributed by atoms with Crippen LogP contribution in [0.2, 0.25) is 20.1 Å². The Kier molecular flexibility index (Phi) is 27.5. The van der Waals surface area contributed by atoms with Gasteiger partial charge in [-0.1, -0.05) is 99.5 Å². The van der Waals surface area contributed by atoms with Crippen LogP contribution in [0, 0.1) is 35.5 Å². The van der Waals surface area contributed by atoms with Crippen molar-refractivity contribution in [1.82, 2.24) is 53.2 Å². The van der Waals surface area contributed by atoms with Gasteiger partial charge in [-0.25, -0.2) is 0 Å². The Morgan fingerprint density at radius 3 is 0.885 bits per heavy atom. The van der Waals surface area contributed by atoms with Crippen LogP contribution in [0.4, 0.5) is 52.8 Å². The highest BCUT2D eigenvalue weighted by Crippen LogP contribution is 2.50. The number of halogens is 4. The van der Waals surface area contributed by atoms with E-state index in [4.69, 9.17) is 117 Å². The number of nitrogens with two attached hydrogens (primary N) is 9. The van der Waals surface area contributed by atoms with Crippen LogP contribution in [0.5, 0.6) is 0 Å². The molecule has 32 nitrogen and oxygen atoms in total. The molecule has 0 radical (unpaired) electrons. The number of ether oxygens (including phenoxy) is 4. The summed E-state index contributed by atoms with van der Waals surface area (Å²) in [5.41, 5.74) is 58.5. The third-order valence-corrected chi connectivity index (χ3v) is 33.1. The van der Waals surface area contributed by atoms with Crippen LogP contribution >= 0.6 is 93.5 Å². The van der Waals surface area contributed by atoms with Crippen molar-refractivity contribution < 1.29 is 18.9 Å². The second-order valence-corrected chi connectivity index (χ2v) is 39.5. The van der Waals surface area contributed by atoms with Gasteiger partial charge in [-0.2, -0.15) is 19.9 Å².